The van der Waals surface area contributed by atoms with Gasteiger partial charge in [-0.2, -0.15) is 0 Å². The summed E-state index contributed by atoms with van der Waals surface area (Å²) >= 11 is 0. The van der Waals surface area contributed by atoms with E-state index in [2.05, 4.69) is 26.8 Å². The van der Waals surface area contributed by atoms with Crippen LogP contribution in [0.15, 0.2) is 11.6 Å². The highest BCUT2D eigenvalue weighted by molar-refractivity contribution is 5.25. The molecular weight excluding hydrogens is 296 g/mol. The van der Waals surface area contributed by atoms with E-state index in [-0.39, 0.29) is 11.2 Å². The number of hydrogen-bond donors (Lipinski definition) is 0. The number of hydrogen-bond acceptors (Lipinski definition) is 2. The second kappa shape index (κ2) is 5.10. The van der Waals surface area contributed by atoms with Gasteiger partial charge in [0.15, 0.2) is 5.79 Å². The van der Waals surface area contributed by atoms with E-state index in [1.54, 1.807) is 0 Å². The van der Waals surface area contributed by atoms with Crippen LogP contribution in [0.1, 0.15) is 72.1 Å². The average Bonchev–Trinajstić information content (AvgIpc) is 3.15. The van der Waals surface area contributed by atoms with Crippen LogP contribution in [0.3, 0.4) is 0 Å². The lowest BCUT2D eigenvalue weighted by molar-refractivity contribution is -0.242. The third-order valence-electron chi connectivity index (χ3n) is 9.15. The van der Waals surface area contributed by atoms with Crippen molar-refractivity contribution >= 4 is 0 Å². The van der Waals surface area contributed by atoms with E-state index in [0.717, 1.165) is 43.3 Å². The number of allylic oxidation sites excluding steroid dienone is 2. The molecule has 4 aliphatic carbocycles. The van der Waals surface area contributed by atoms with Crippen LogP contribution in [0.5, 0.6) is 0 Å². The normalized spacial score (nSPS) is 52.5. The molecule has 0 aromatic heterocycles. The van der Waals surface area contributed by atoms with Crippen molar-refractivity contribution in [1.29, 1.82) is 0 Å². The molecule has 24 heavy (non-hydrogen) atoms. The first kappa shape index (κ1) is 15.9. The van der Waals surface area contributed by atoms with Gasteiger partial charge in [-0.25, -0.2) is 0 Å². The maximum atomic E-state index is 6.26. The van der Waals surface area contributed by atoms with Gasteiger partial charge in [0.25, 0.3) is 0 Å². The van der Waals surface area contributed by atoms with Crippen molar-refractivity contribution in [1.82, 2.24) is 0 Å². The van der Waals surface area contributed by atoms with Gasteiger partial charge in [0, 0.05) is 11.8 Å². The van der Waals surface area contributed by atoms with Crippen molar-refractivity contribution in [3.05, 3.63) is 11.6 Å². The molecule has 3 unspecified atom stereocenters. The quantitative estimate of drug-likeness (QED) is 0.559. The van der Waals surface area contributed by atoms with Crippen molar-refractivity contribution in [2.45, 2.75) is 77.9 Å². The summed E-state index contributed by atoms with van der Waals surface area (Å²) < 4.78 is 12.5. The summed E-state index contributed by atoms with van der Waals surface area (Å²) in [5, 5.41) is 0. The zero-order chi connectivity index (χ0) is 16.6. The minimum atomic E-state index is -0.241. The van der Waals surface area contributed by atoms with Crippen LogP contribution < -0.4 is 0 Å². The molecule has 2 heteroatoms. The molecule has 5 rings (SSSR count). The Hall–Kier alpha value is -0.340. The van der Waals surface area contributed by atoms with Crippen molar-refractivity contribution in [3.63, 3.8) is 0 Å². The molecule has 0 N–H and O–H groups in total. The van der Waals surface area contributed by atoms with E-state index in [9.17, 15) is 0 Å². The van der Waals surface area contributed by atoms with Crippen LogP contribution in [0.25, 0.3) is 0 Å². The van der Waals surface area contributed by atoms with E-state index in [1.807, 2.05) is 5.57 Å². The standard InChI is InChI=1S/C22H34O2/c1-15-6-9-20(2)16(14-15)4-5-17-18(20)7-10-21(3)19(17)8-11-22(21)23-12-13-24-22/h4,15,17-19H,5-14H2,1-3H3/t15-,17?,18?,19?,20-,21-/m0/s1. The fraction of sp³-hybridized carbons (Fsp3) is 0.909. The van der Waals surface area contributed by atoms with Gasteiger partial charge < -0.3 is 9.47 Å². The molecule has 5 aliphatic rings. The zero-order valence-electron chi connectivity index (χ0n) is 15.8. The molecule has 4 fully saturated rings. The minimum absolute atomic E-state index is 0.241. The molecule has 0 bridgehead atoms. The van der Waals surface area contributed by atoms with Gasteiger partial charge in [-0.15, -0.1) is 0 Å². The highest BCUT2D eigenvalue weighted by atomic mass is 16.7. The molecule has 1 spiro atoms. The Labute approximate surface area is 147 Å². The summed E-state index contributed by atoms with van der Waals surface area (Å²) in [5.41, 5.74) is 2.55. The van der Waals surface area contributed by atoms with Gasteiger partial charge in [-0.1, -0.05) is 32.4 Å². The van der Waals surface area contributed by atoms with E-state index < -0.39 is 0 Å². The molecule has 0 amide bonds. The predicted octanol–water partition coefficient (Wildman–Crippen LogP) is 5.33. The molecule has 1 aliphatic heterocycles. The van der Waals surface area contributed by atoms with Crippen molar-refractivity contribution in [2.75, 3.05) is 13.2 Å². The fourth-order valence-corrected chi connectivity index (χ4v) is 7.73. The Kier molecular flexibility index (Phi) is 3.37. The van der Waals surface area contributed by atoms with E-state index >= 15 is 0 Å². The fourth-order valence-electron chi connectivity index (χ4n) is 7.73. The maximum absolute atomic E-state index is 6.26. The number of fused-ring (bicyclic) bond motifs is 6. The van der Waals surface area contributed by atoms with Crippen LogP contribution in [0, 0.1) is 34.5 Å². The Morgan fingerprint density at radius 2 is 1.71 bits per heavy atom. The first-order chi connectivity index (χ1) is 11.5. The average molecular weight is 331 g/mol. The van der Waals surface area contributed by atoms with E-state index in [4.69, 9.17) is 9.47 Å². The van der Waals surface area contributed by atoms with Crippen molar-refractivity contribution in [2.24, 2.45) is 34.5 Å². The second-order valence-corrected chi connectivity index (χ2v) is 10.1. The van der Waals surface area contributed by atoms with E-state index in [0.29, 0.717) is 5.41 Å². The highest BCUT2D eigenvalue weighted by Crippen LogP contribution is 2.68. The highest BCUT2D eigenvalue weighted by Gasteiger charge is 2.66. The van der Waals surface area contributed by atoms with E-state index in [1.165, 1.54) is 44.9 Å². The molecule has 6 atom stereocenters. The minimum Gasteiger partial charge on any atom is -0.347 e. The first-order valence-electron chi connectivity index (χ1n) is 10.5. The van der Waals surface area contributed by atoms with Gasteiger partial charge in [0.1, 0.15) is 0 Å². The predicted molar refractivity (Wildman–Crippen MR) is 95.5 cm³/mol. The topological polar surface area (TPSA) is 18.5 Å². The Morgan fingerprint density at radius 3 is 2.50 bits per heavy atom. The Bertz CT molecular complexity index is 560. The van der Waals surface area contributed by atoms with Crippen molar-refractivity contribution < 1.29 is 9.47 Å². The van der Waals surface area contributed by atoms with Crippen LogP contribution in [-0.2, 0) is 9.47 Å². The monoisotopic (exact) mass is 330 g/mol. The summed E-state index contributed by atoms with van der Waals surface area (Å²) in [4.78, 5) is 0. The molecule has 0 aromatic carbocycles. The third-order valence-corrected chi connectivity index (χ3v) is 9.15. The molecule has 1 saturated heterocycles. The largest absolute Gasteiger partial charge is 0.347 e. The number of ether oxygens (including phenoxy) is 2. The van der Waals surface area contributed by atoms with Gasteiger partial charge in [0.2, 0.25) is 0 Å². The van der Waals surface area contributed by atoms with Gasteiger partial charge in [-0.3, -0.25) is 0 Å². The second-order valence-electron chi connectivity index (χ2n) is 10.1. The third kappa shape index (κ3) is 1.85. The molecule has 1 heterocycles. The smallest absolute Gasteiger partial charge is 0.174 e. The Balaban J connectivity index is 1.49. The summed E-state index contributed by atoms with van der Waals surface area (Å²) in [6, 6.07) is 0. The molecule has 0 radical (unpaired) electrons. The SMILES string of the molecule is C[C@H]1CC[C@@]2(C)C(=CCC3C2CC[C@@]2(C)C3CCC23OCCO3)C1. The van der Waals surface area contributed by atoms with Crippen LogP contribution >= 0.6 is 0 Å². The summed E-state index contributed by atoms with van der Waals surface area (Å²) in [5.74, 6) is 3.21. The lowest BCUT2D eigenvalue weighted by Crippen LogP contribution is -2.54. The van der Waals surface area contributed by atoms with Crippen LogP contribution in [0.4, 0.5) is 0 Å². The van der Waals surface area contributed by atoms with Gasteiger partial charge in [-0.05, 0) is 74.0 Å². The van der Waals surface area contributed by atoms with Crippen molar-refractivity contribution in [3.8, 4) is 0 Å². The lowest BCUT2D eigenvalue weighted by atomic mass is 9.47. The molecule has 134 valence electrons. The molecular formula is C22H34O2. The molecule has 3 saturated carbocycles. The first-order valence-corrected chi connectivity index (χ1v) is 10.5. The summed E-state index contributed by atoms with van der Waals surface area (Å²) in [6.07, 6.45) is 13.3. The lowest BCUT2D eigenvalue weighted by Gasteiger charge is -2.58. The molecule has 0 aromatic rings. The maximum Gasteiger partial charge on any atom is 0.174 e. The Morgan fingerprint density at radius 1 is 0.958 bits per heavy atom. The summed E-state index contributed by atoms with van der Waals surface area (Å²) in [6.45, 7) is 9.15. The van der Waals surface area contributed by atoms with Crippen LogP contribution in [-0.4, -0.2) is 19.0 Å². The summed E-state index contributed by atoms with van der Waals surface area (Å²) in [7, 11) is 0. The number of rotatable bonds is 0. The van der Waals surface area contributed by atoms with Crippen LogP contribution in [0.2, 0.25) is 0 Å². The molecule has 2 nitrogen and oxygen atoms in total. The van der Waals surface area contributed by atoms with Gasteiger partial charge in [0.05, 0.1) is 13.2 Å². The van der Waals surface area contributed by atoms with Gasteiger partial charge >= 0.3 is 0 Å². The zero-order valence-corrected chi connectivity index (χ0v) is 15.8.